The Kier molecular flexibility index (Phi) is 15.3. The largest absolute Gasteiger partial charge is 0.524 e. The summed E-state index contributed by atoms with van der Waals surface area (Å²) in [6.45, 7) is 3.24. The molecule has 3 aliphatic rings. The van der Waals surface area contributed by atoms with Gasteiger partial charge in [-0.2, -0.15) is 0 Å². The van der Waals surface area contributed by atoms with Crippen LogP contribution in [-0.2, 0) is 23.7 Å². The van der Waals surface area contributed by atoms with Crippen molar-refractivity contribution in [3.8, 4) is 11.5 Å². The summed E-state index contributed by atoms with van der Waals surface area (Å²) < 4.78 is 17.1. The van der Waals surface area contributed by atoms with Crippen molar-refractivity contribution in [3.63, 3.8) is 0 Å². The molecule has 17 heteroatoms. The van der Waals surface area contributed by atoms with E-state index in [2.05, 4.69) is 10.6 Å². The maximum Gasteiger partial charge on any atom is 0.524 e. The number of imide groups is 1. The first-order valence-electron chi connectivity index (χ1n) is 22.6. The molecule has 0 unspecified atom stereocenters. The Labute approximate surface area is 404 Å². The summed E-state index contributed by atoms with van der Waals surface area (Å²) in [4.78, 5) is 75.3. The van der Waals surface area contributed by atoms with Crippen molar-refractivity contribution in [3.05, 3.63) is 125 Å². The number of phosphoric acid groups is 1. The van der Waals surface area contributed by atoms with Gasteiger partial charge in [-0.3, -0.25) is 33.9 Å². The molecule has 0 saturated carbocycles. The number of hydrogen-bond acceptors (Lipinski definition) is 9. The van der Waals surface area contributed by atoms with Gasteiger partial charge in [0.1, 0.15) is 11.5 Å². The van der Waals surface area contributed by atoms with E-state index < -0.39 is 7.82 Å². The van der Waals surface area contributed by atoms with E-state index in [0.29, 0.717) is 58.6 Å². The van der Waals surface area contributed by atoms with Gasteiger partial charge in [0.25, 0.3) is 23.6 Å². The van der Waals surface area contributed by atoms with Crippen LogP contribution in [0.5, 0.6) is 11.5 Å². The molecule has 0 radical (unpaired) electrons. The van der Waals surface area contributed by atoms with Crippen LogP contribution in [0, 0.1) is 0 Å². The number of nitrogens with one attached hydrogen (secondary N) is 2. The molecule has 0 bridgehead atoms. The van der Waals surface area contributed by atoms with Gasteiger partial charge in [0.05, 0.1) is 11.4 Å². The number of halogens is 2. The molecule has 5 aromatic carbocycles. The van der Waals surface area contributed by atoms with Gasteiger partial charge in [-0.1, -0.05) is 73.5 Å². The van der Waals surface area contributed by atoms with E-state index in [4.69, 9.17) is 27.7 Å². The number of benzene rings is 5. The first kappa shape index (κ1) is 48.5. The van der Waals surface area contributed by atoms with Gasteiger partial charge in [0.2, 0.25) is 0 Å². The van der Waals surface area contributed by atoms with Gasteiger partial charge in [0.15, 0.2) is 0 Å². The van der Waals surface area contributed by atoms with Crippen LogP contribution in [0.25, 0.3) is 33.7 Å². The summed E-state index contributed by atoms with van der Waals surface area (Å²) in [5.41, 5.74) is 4.99. The SMILES string of the molecule is O=C1C=CC(=O)N1CCCCCCNCCCNc1cc(/C=C/C(=O)N2C[C@@H](CCl)c3c2cc(OP(=O)(O)O)c2ccccc32)ccc1/C=C/C(=O)N1C[C@@H](CCl)c2c1cc(O)c1ccccc21. The number of phenols is 1. The molecule has 4 amide bonds. The summed E-state index contributed by atoms with van der Waals surface area (Å²) in [6, 6.07) is 23.3. The average molecular weight is 981 g/mol. The van der Waals surface area contributed by atoms with Crippen LogP contribution in [0.4, 0.5) is 17.1 Å². The number of alkyl halides is 2. The normalized spacial score (nSPS) is 16.9. The summed E-state index contributed by atoms with van der Waals surface area (Å²) in [7, 11) is -4.93. The number of carbonyl (C=O) groups excluding carboxylic acids is 4. The minimum Gasteiger partial charge on any atom is -0.507 e. The Morgan fingerprint density at radius 3 is 1.93 bits per heavy atom. The fraction of sp³-hybridized carbons (Fsp3) is 0.294. The number of carbonyl (C=O) groups is 4. The van der Waals surface area contributed by atoms with Crippen LogP contribution >= 0.6 is 31.0 Å². The molecule has 68 heavy (non-hydrogen) atoms. The lowest BCUT2D eigenvalue weighted by atomic mass is 9.95. The van der Waals surface area contributed by atoms with Crippen molar-refractivity contribution in [2.75, 3.05) is 66.1 Å². The standard InChI is InChI=1S/C51H52Cl2N5O9P/c52-29-35-31-57(42-27-44(59)37-10-3-5-12-39(37)50(35)42)49(63)19-17-34-16-14-33(26-41(34)55-24-9-23-54-22-7-1-2-8-25-56-46(60)20-21-47(56)61)15-18-48(62)58-32-36(30-53)51-40-13-6-4-11-38(40)45(28-43(51)58)67-68(64,65)66/h3-6,10-21,26-28,35-36,54-55,59H,1-2,7-9,22-25,29-32H2,(H2,64,65,66)/b18-15+,19-17+/t35-,36-/m1/s1. The van der Waals surface area contributed by atoms with E-state index >= 15 is 0 Å². The third-order valence-electron chi connectivity index (χ3n) is 12.5. The molecule has 3 heterocycles. The molecular formula is C51H52Cl2N5O9P. The molecule has 0 saturated heterocycles. The Morgan fingerprint density at radius 1 is 0.706 bits per heavy atom. The minimum atomic E-state index is -4.93. The second-order valence-corrected chi connectivity index (χ2v) is 18.8. The fourth-order valence-electron chi connectivity index (χ4n) is 9.28. The monoisotopic (exact) mass is 979 g/mol. The van der Waals surface area contributed by atoms with Crippen molar-refractivity contribution < 1.29 is 43.2 Å². The average Bonchev–Trinajstić information content (AvgIpc) is 4.00. The van der Waals surface area contributed by atoms with Crippen molar-refractivity contribution >= 4 is 105 Å². The molecule has 2 atom stereocenters. The van der Waals surface area contributed by atoms with Gasteiger partial charge >= 0.3 is 7.82 Å². The van der Waals surface area contributed by atoms with Crippen molar-refractivity contribution in [2.45, 2.75) is 43.9 Å². The number of phosphoric ester groups is 1. The van der Waals surface area contributed by atoms with E-state index in [1.165, 1.54) is 40.2 Å². The first-order chi connectivity index (χ1) is 32.8. The molecule has 5 aromatic rings. The maximum atomic E-state index is 14.0. The number of unbranched alkanes of at least 4 members (excludes halogenated alkanes) is 3. The van der Waals surface area contributed by atoms with Gasteiger partial charge in [0, 0.05) is 103 Å². The lowest BCUT2D eigenvalue weighted by Gasteiger charge is -2.18. The molecule has 3 aliphatic heterocycles. The predicted molar refractivity (Wildman–Crippen MR) is 269 cm³/mol. The van der Waals surface area contributed by atoms with Crippen molar-refractivity contribution in [1.82, 2.24) is 10.2 Å². The van der Waals surface area contributed by atoms with Crippen LogP contribution in [-0.4, -0.2) is 94.5 Å². The molecule has 0 spiro atoms. The van der Waals surface area contributed by atoms with E-state index in [-0.39, 0.29) is 59.4 Å². The quantitative estimate of drug-likeness (QED) is 0.0165. The zero-order valence-corrected chi connectivity index (χ0v) is 39.6. The summed E-state index contributed by atoms with van der Waals surface area (Å²) in [6.07, 6.45) is 13.4. The lowest BCUT2D eigenvalue weighted by molar-refractivity contribution is -0.136. The fourth-order valence-corrected chi connectivity index (χ4v) is 10.2. The van der Waals surface area contributed by atoms with Crippen molar-refractivity contribution in [1.29, 1.82) is 0 Å². The van der Waals surface area contributed by atoms with Crippen LogP contribution in [0.15, 0.2) is 103 Å². The summed E-state index contributed by atoms with van der Waals surface area (Å²) in [5.74, 6) is -0.915. The lowest BCUT2D eigenvalue weighted by Crippen LogP contribution is -2.30. The van der Waals surface area contributed by atoms with Crippen LogP contribution in [0.1, 0.15) is 66.2 Å². The highest BCUT2D eigenvalue weighted by atomic mass is 35.5. The first-order valence-corrected chi connectivity index (χ1v) is 25.2. The van der Waals surface area contributed by atoms with Gasteiger partial charge < -0.3 is 30.1 Å². The molecule has 8 rings (SSSR count). The second-order valence-electron chi connectivity index (χ2n) is 17.0. The number of nitrogens with zero attached hydrogens (tertiary/aromatic N) is 3. The highest BCUT2D eigenvalue weighted by Crippen LogP contribution is 2.49. The number of rotatable bonds is 20. The Bertz CT molecular complexity index is 2880. The van der Waals surface area contributed by atoms with Crippen LogP contribution < -0.4 is 25.0 Å². The van der Waals surface area contributed by atoms with E-state index in [9.17, 15) is 38.6 Å². The Hall–Kier alpha value is -5.99. The van der Waals surface area contributed by atoms with Crippen molar-refractivity contribution in [2.24, 2.45) is 0 Å². The number of phenolic OH excluding ortho intramolecular Hbond substituents is 1. The maximum absolute atomic E-state index is 14.0. The molecule has 0 aromatic heterocycles. The second kappa shape index (κ2) is 21.5. The molecule has 0 aliphatic carbocycles. The highest BCUT2D eigenvalue weighted by molar-refractivity contribution is 7.46. The number of amides is 4. The minimum absolute atomic E-state index is 0.0436. The Balaban J connectivity index is 0.965. The molecular weight excluding hydrogens is 928 g/mol. The highest BCUT2D eigenvalue weighted by Gasteiger charge is 2.36. The number of fused-ring (bicyclic) bond motifs is 6. The zero-order valence-electron chi connectivity index (χ0n) is 37.2. The summed E-state index contributed by atoms with van der Waals surface area (Å²) in [5, 5.41) is 20.6. The molecule has 5 N–H and O–H groups in total. The third kappa shape index (κ3) is 10.8. The van der Waals surface area contributed by atoms with Crippen LogP contribution in [0.2, 0.25) is 0 Å². The predicted octanol–water partition coefficient (Wildman–Crippen LogP) is 8.81. The molecule has 14 nitrogen and oxygen atoms in total. The molecule has 354 valence electrons. The number of anilines is 3. The Morgan fingerprint density at radius 2 is 1.28 bits per heavy atom. The van der Waals surface area contributed by atoms with E-state index in [0.717, 1.165) is 73.0 Å². The third-order valence-corrected chi connectivity index (χ3v) is 13.7. The van der Waals surface area contributed by atoms with Gasteiger partial charge in [-0.05, 0) is 83.6 Å². The van der Waals surface area contributed by atoms with E-state index in [1.807, 2.05) is 54.6 Å². The number of hydrogen-bond donors (Lipinski definition) is 5. The smallest absolute Gasteiger partial charge is 0.507 e. The van der Waals surface area contributed by atoms with E-state index in [1.54, 1.807) is 35.3 Å². The summed E-state index contributed by atoms with van der Waals surface area (Å²) >= 11 is 12.9. The topological polar surface area (TPSA) is 189 Å². The van der Waals surface area contributed by atoms with Gasteiger partial charge in [-0.15, -0.1) is 23.2 Å². The number of aromatic hydroxyl groups is 1. The van der Waals surface area contributed by atoms with Gasteiger partial charge in [-0.25, -0.2) is 4.57 Å². The molecule has 0 fully saturated rings. The van der Waals surface area contributed by atoms with Crippen LogP contribution in [0.3, 0.4) is 0 Å². The zero-order chi connectivity index (χ0) is 48.0.